The summed E-state index contributed by atoms with van der Waals surface area (Å²) in [5.74, 6) is -0.268. The Morgan fingerprint density at radius 1 is 1.35 bits per heavy atom. The van der Waals surface area contributed by atoms with Crippen molar-refractivity contribution in [3.8, 4) is 0 Å². The van der Waals surface area contributed by atoms with Gasteiger partial charge in [0, 0.05) is 12.7 Å². The van der Waals surface area contributed by atoms with Crippen LogP contribution in [0.25, 0.3) is 0 Å². The number of nitrogens with zero attached hydrogens (tertiary/aromatic N) is 1. The first-order chi connectivity index (χ1) is 9.28. The van der Waals surface area contributed by atoms with Gasteiger partial charge in [0.05, 0.1) is 23.7 Å². The Hall–Kier alpha value is -1.18. The van der Waals surface area contributed by atoms with Crippen LogP contribution in [0.3, 0.4) is 0 Å². The van der Waals surface area contributed by atoms with E-state index < -0.39 is 22.0 Å². The lowest BCUT2D eigenvalue weighted by Crippen LogP contribution is -2.45. The molecule has 7 heteroatoms. The first-order valence-corrected chi connectivity index (χ1v) is 8.50. The van der Waals surface area contributed by atoms with Gasteiger partial charge in [0.25, 0.3) is 0 Å². The molecule has 0 spiro atoms. The van der Waals surface area contributed by atoms with Crippen LogP contribution in [0.5, 0.6) is 0 Å². The molecule has 0 aromatic heterocycles. The molecule has 2 rings (SSSR count). The summed E-state index contributed by atoms with van der Waals surface area (Å²) in [6.07, 6.45) is -0.900. The number of sulfone groups is 1. The topological polar surface area (TPSA) is 69.6 Å². The predicted octanol–water partition coefficient (Wildman–Crippen LogP) is 0.782. The van der Waals surface area contributed by atoms with E-state index in [0.717, 1.165) is 11.3 Å². The van der Waals surface area contributed by atoms with Crippen molar-refractivity contribution in [3.05, 3.63) is 29.8 Å². The van der Waals surface area contributed by atoms with E-state index in [9.17, 15) is 13.5 Å². The van der Waals surface area contributed by atoms with Crippen molar-refractivity contribution in [1.82, 2.24) is 4.90 Å². The molecule has 1 saturated heterocycles. The molecule has 2 atom stereocenters. The van der Waals surface area contributed by atoms with Crippen LogP contribution in [0, 0.1) is 6.92 Å². The first kappa shape index (κ1) is 15.2. The van der Waals surface area contributed by atoms with Gasteiger partial charge in [-0.2, -0.15) is 0 Å². The Balaban J connectivity index is 2.04. The maximum atomic E-state index is 11.5. The van der Waals surface area contributed by atoms with Crippen LogP contribution in [0.1, 0.15) is 5.56 Å². The molecule has 1 aliphatic rings. The molecule has 2 N–H and O–H groups in total. The summed E-state index contributed by atoms with van der Waals surface area (Å²) in [5.41, 5.74) is 1.98. The summed E-state index contributed by atoms with van der Waals surface area (Å²) in [6.45, 7) is 1.99. The number of hydrogen-bond donors (Lipinski definition) is 2. The average molecular weight is 314 g/mol. The quantitative estimate of drug-likeness (QED) is 0.786. The Bertz CT molecular complexity index is 599. The minimum Gasteiger partial charge on any atom is -0.390 e. The summed E-state index contributed by atoms with van der Waals surface area (Å²) < 4.78 is 23.0. The zero-order valence-corrected chi connectivity index (χ0v) is 13.0. The third kappa shape index (κ3) is 3.47. The van der Waals surface area contributed by atoms with E-state index in [1.54, 1.807) is 11.9 Å². The molecule has 1 aromatic rings. The van der Waals surface area contributed by atoms with Gasteiger partial charge >= 0.3 is 0 Å². The van der Waals surface area contributed by atoms with Crippen LogP contribution < -0.4 is 5.32 Å². The van der Waals surface area contributed by atoms with E-state index in [2.05, 4.69) is 5.32 Å². The Morgan fingerprint density at radius 3 is 2.45 bits per heavy atom. The summed E-state index contributed by atoms with van der Waals surface area (Å²) in [5, 5.41) is 13.3. The lowest BCUT2D eigenvalue weighted by atomic mass is 10.2. The Labute approximate surface area is 124 Å². The molecule has 20 heavy (non-hydrogen) atoms. The fraction of sp³-hybridized carbons (Fsp3) is 0.462. The lowest BCUT2D eigenvalue weighted by Gasteiger charge is -2.28. The van der Waals surface area contributed by atoms with Crippen molar-refractivity contribution in [2.24, 2.45) is 0 Å². The highest BCUT2D eigenvalue weighted by atomic mass is 32.2. The monoisotopic (exact) mass is 314 g/mol. The second-order valence-corrected chi connectivity index (χ2v) is 7.66. The van der Waals surface area contributed by atoms with E-state index in [1.807, 2.05) is 31.2 Å². The van der Waals surface area contributed by atoms with Gasteiger partial charge in [-0.15, -0.1) is 0 Å². The number of aliphatic hydroxyl groups is 1. The Morgan fingerprint density at radius 2 is 1.95 bits per heavy atom. The molecule has 0 amide bonds. The zero-order chi connectivity index (χ0) is 14.9. The van der Waals surface area contributed by atoms with Gasteiger partial charge < -0.3 is 15.3 Å². The van der Waals surface area contributed by atoms with Crippen LogP contribution >= 0.6 is 12.2 Å². The molecular formula is C13H18N2O3S2. The summed E-state index contributed by atoms with van der Waals surface area (Å²) in [4.78, 5) is 1.62. The van der Waals surface area contributed by atoms with Crippen molar-refractivity contribution < 1.29 is 13.5 Å². The van der Waals surface area contributed by atoms with Crippen molar-refractivity contribution in [2.45, 2.75) is 19.1 Å². The van der Waals surface area contributed by atoms with Gasteiger partial charge in [0.1, 0.15) is 0 Å². The normalized spacial score (nSPS) is 24.4. The SMILES string of the molecule is Cc1ccc(NC(=S)N(C)[C@H]2CS(=O)(=O)C[C@H]2O)cc1. The molecule has 0 radical (unpaired) electrons. The highest BCUT2D eigenvalue weighted by Gasteiger charge is 2.39. The molecular weight excluding hydrogens is 296 g/mol. The summed E-state index contributed by atoms with van der Waals surface area (Å²) in [7, 11) is -1.49. The van der Waals surface area contributed by atoms with Gasteiger partial charge in [0.15, 0.2) is 14.9 Å². The van der Waals surface area contributed by atoms with E-state index in [0.29, 0.717) is 5.11 Å². The molecule has 0 saturated carbocycles. The smallest absolute Gasteiger partial charge is 0.173 e. The van der Waals surface area contributed by atoms with E-state index in [4.69, 9.17) is 12.2 Å². The zero-order valence-electron chi connectivity index (χ0n) is 11.4. The molecule has 110 valence electrons. The van der Waals surface area contributed by atoms with Crippen LogP contribution in [-0.4, -0.2) is 54.2 Å². The molecule has 0 bridgehead atoms. The highest BCUT2D eigenvalue weighted by molar-refractivity contribution is 7.91. The van der Waals surface area contributed by atoms with Gasteiger partial charge in [-0.3, -0.25) is 0 Å². The summed E-state index contributed by atoms with van der Waals surface area (Å²) >= 11 is 5.26. The maximum Gasteiger partial charge on any atom is 0.173 e. The number of aryl methyl sites for hydroxylation is 1. The number of anilines is 1. The standard InChI is InChI=1S/C13H18N2O3S2/c1-9-3-5-10(6-4-9)14-13(19)15(2)11-7-20(17,18)8-12(11)16/h3-6,11-12,16H,7-8H2,1-2H3,(H,14,19)/t11-,12+/m0/s1. The molecule has 1 fully saturated rings. The number of likely N-dealkylation sites (N-methyl/N-ethyl adjacent to an activating group) is 1. The largest absolute Gasteiger partial charge is 0.390 e. The third-order valence-electron chi connectivity index (χ3n) is 3.41. The summed E-state index contributed by atoms with van der Waals surface area (Å²) in [6, 6.07) is 7.22. The minimum atomic E-state index is -3.18. The van der Waals surface area contributed by atoms with Crippen molar-refractivity contribution in [3.63, 3.8) is 0 Å². The number of hydrogen-bond acceptors (Lipinski definition) is 4. The molecule has 0 unspecified atom stereocenters. The van der Waals surface area contributed by atoms with E-state index >= 15 is 0 Å². The fourth-order valence-corrected chi connectivity index (χ4v) is 4.28. The number of benzene rings is 1. The number of thiocarbonyl (C=S) groups is 1. The second kappa shape index (κ2) is 5.67. The second-order valence-electron chi connectivity index (χ2n) is 5.12. The van der Waals surface area contributed by atoms with Crippen molar-refractivity contribution >= 4 is 32.9 Å². The fourth-order valence-electron chi connectivity index (χ4n) is 2.18. The molecule has 1 heterocycles. The average Bonchev–Trinajstić information content (AvgIpc) is 2.64. The van der Waals surface area contributed by atoms with Gasteiger partial charge in [-0.1, -0.05) is 17.7 Å². The van der Waals surface area contributed by atoms with Crippen LogP contribution in [0.15, 0.2) is 24.3 Å². The lowest BCUT2D eigenvalue weighted by molar-refractivity contribution is 0.134. The number of aliphatic hydroxyl groups excluding tert-OH is 1. The van der Waals surface area contributed by atoms with E-state index in [-0.39, 0.29) is 11.5 Å². The highest BCUT2D eigenvalue weighted by Crippen LogP contribution is 2.18. The molecule has 1 aromatic carbocycles. The number of rotatable bonds is 2. The molecule has 1 aliphatic heterocycles. The molecule has 5 nitrogen and oxygen atoms in total. The maximum absolute atomic E-state index is 11.5. The predicted molar refractivity (Wildman–Crippen MR) is 83.6 cm³/mol. The van der Waals surface area contributed by atoms with Crippen LogP contribution in [0.2, 0.25) is 0 Å². The third-order valence-corrected chi connectivity index (χ3v) is 5.50. The van der Waals surface area contributed by atoms with Crippen molar-refractivity contribution in [1.29, 1.82) is 0 Å². The van der Waals surface area contributed by atoms with Crippen LogP contribution in [-0.2, 0) is 9.84 Å². The van der Waals surface area contributed by atoms with Gasteiger partial charge in [-0.25, -0.2) is 8.42 Å². The Kier molecular flexibility index (Phi) is 4.31. The van der Waals surface area contributed by atoms with Gasteiger partial charge in [0.2, 0.25) is 0 Å². The van der Waals surface area contributed by atoms with E-state index in [1.165, 1.54) is 0 Å². The van der Waals surface area contributed by atoms with Gasteiger partial charge in [-0.05, 0) is 31.3 Å². The molecule has 0 aliphatic carbocycles. The van der Waals surface area contributed by atoms with Crippen LogP contribution in [0.4, 0.5) is 5.69 Å². The van der Waals surface area contributed by atoms with Crippen molar-refractivity contribution in [2.75, 3.05) is 23.9 Å². The number of nitrogens with one attached hydrogen (secondary N) is 1. The first-order valence-electron chi connectivity index (χ1n) is 6.27. The minimum absolute atomic E-state index is 0.0691.